The van der Waals surface area contributed by atoms with Gasteiger partial charge in [-0.25, -0.2) is 8.42 Å². The fourth-order valence-electron chi connectivity index (χ4n) is 2.92. The number of hydrogen-bond acceptors (Lipinski definition) is 4. The lowest BCUT2D eigenvalue weighted by Gasteiger charge is -2.23. The molecular weight excluding hydrogens is 394 g/mol. The molecule has 2 aromatic rings. The predicted octanol–water partition coefficient (Wildman–Crippen LogP) is 2.67. The molecule has 0 unspecified atom stereocenters. The number of nitrogens with one attached hydrogen (secondary N) is 1. The maximum atomic E-state index is 12.1. The van der Waals surface area contributed by atoms with Crippen molar-refractivity contribution < 1.29 is 17.9 Å². The van der Waals surface area contributed by atoms with Gasteiger partial charge in [-0.3, -0.25) is 4.79 Å². The summed E-state index contributed by atoms with van der Waals surface area (Å²) in [5.41, 5.74) is -0.699. The zero-order chi connectivity index (χ0) is 17.4. The van der Waals surface area contributed by atoms with E-state index in [4.69, 9.17) is 4.74 Å². The Labute approximate surface area is 149 Å². The first kappa shape index (κ1) is 17.2. The van der Waals surface area contributed by atoms with Gasteiger partial charge in [-0.05, 0) is 48.4 Å². The van der Waals surface area contributed by atoms with Crippen LogP contribution in [0.1, 0.15) is 13.3 Å². The molecule has 0 aliphatic carbocycles. The molecule has 1 fully saturated rings. The van der Waals surface area contributed by atoms with Gasteiger partial charge in [-0.1, -0.05) is 28.1 Å². The van der Waals surface area contributed by atoms with Crippen LogP contribution in [0.15, 0.2) is 40.9 Å². The minimum atomic E-state index is -3.05. The highest BCUT2D eigenvalue weighted by Crippen LogP contribution is 2.25. The molecule has 0 saturated carbocycles. The van der Waals surface area contributed by atoms with E-state index in [1.165, 1.54) is 0 Å². The summed E-state index contributed by atoms with van der Waals surface area (Å²) in [5.74, 6) is 0.385. The molecule has 3 rings (SSSR count). The number of halogens is 1. The second kappa shape index (κ2) is 6.37. The largest absolute Gasteiger partial charge is 0.484 e. The van der Waals surface area contributed by atoms with Crippen LogP contribution in [-0.2, 0) is 14.6 Å². The van der Waals surface area contributed by atoms with Crippen molar-refractivity contribution in [3.05, 3.63) is 40.9 Å². The van der Waals surface area contributed by atoms with Crippen LogP contribution in [0.25, 0.3) is 10.8 Å². The zero-order valence-electron chi connectivity index (χ0n) is 13.2. The molecule has 1 saturated heterocycles. The molecule has 1 atom stereocenters. The van der Waals surface area contributed by atoms with E-state index in [1.807, 2.05) is 36.4 Å². The maximum absolute atomic E-state index is 12.1. The molecule has 24 heavy (non-hydrogen) atoms. The molecule has 1 aliphatic rings. The van der Waals surface area contributed by atoms with E-state index in [0.717, 1.165) is 15.2 Å². The quantitative estimate of drug-likeness (QED) is 0.838. The van der Waals surface area contributed by atoms with Crippen molar-refractivity contribution >= 4 is 42.4 Å². The molecular formula is C17H18BrNO4S. The second-order valence-corrected chi connectivity index (χ2v) is 9.49. The Bertz CT molecular complexity index is 897. The van der Waals surface area contributed by atoms with Crippen LogP contribution in [0.2, 0.25) is 0 Å². The Hall–Kier alpha value is -1.60. The van der Waals surface area contributed by atoms with Crippen LogP contribution in [0.3, 0.4) is 0 Å². The standard InChI is InChI=1S/C17H18BrNO4S/c1-17(6-7-24(21,22)11-17)19-16(20)10-23-15-5-3-12-8-14(18)4-2-13(12)9-15/h2-5,8-9H,6-7,10-11H2,1H3,(H,19,20)/t17-/m1/s1. The molecule has 0 bridgehead atoms. The lowest BCUT2D eigenvalue weighted by molar-refractivity contribution is -0.124. The molecule has 2 aromatic carbocycles. The lowest BCUT2D eigenvalue weighted by atomic mass is 10.0. The average Bonchev–Trinajstić information content (AvgIpc) is 2.78. The van der Waals surface area contributed by atoms with Gasteiger partial charge in [0.2, 0.25) is 0 Å². The zero-order valence-corrected chi connectivity index (χ0v) is 15.6. The summed E-state index contributed by atoms with van der Waals surface area (Å²) in [6.07, 6.45) is 0.436. The van der Waals surface area contributed by atoms with E-state index >= 15 is 0 Å². The van der Waals surface area contributed by atoms with Gasteiger partial charge in [-0.15, -0.1) is 0 Å². The number of carbonyl (C=O) groups is 1. The van der Waals surface area contributed by atoms with Crippen LogP contribution in [-0.4, -0.2) is 38.0 Å². The minimum absolute atomic E-state index is 0.0173. The number of sulfone groups is 1. The fourth-order valence-corrected chi connectivity index (χ4v) is 5.39. The van der Waals surface area contributed by atoms with Gasteiger partial charge >= 0.3 is 0 Å². The summed E-state index contributed by atoms with van der Waals surface area (Å²) in [4.78, 5) is 12.1. The van der Waals surface area contributed by atoms with Crippen molar-refractivity contribution in [2.45, 2.75) is 18.9 Å². The van der Waals surface area contributed by atoms with Crippen molar-refractivity contribution in [3.8, 4) is 5.75 Å². The van der Waals surface area contributed by atoms with Crippen molar-refractivity contribution in [1.82, 2.24) is 5.32 Å². The minimum Gasteiger partial charge on any atom is -0.484 e. The molecule has 128 valence electrons. The average molecular weight is 412 g/mol. The van der Waals surface area contributed by atoms with Crippen LogP contribution >= 0.6 is 15.9 Å². The van der Waals surface area contributed by atoms with Crippen molar-refractivity contribution in [3.63, 3.8) is 0 Å². The predicted molar refractivity (Wildman–Crippen MR) is 97.0 cm³/mol. The molecule has 5 nitrogen and oxygen atoms in total. The second-order valence-electron chi connectivity index (χ2n) is 6.39. The Kier molecular flexibility index (Phi) is 4.57. The number of hydrogen-bond donors (Lipinski definition) is 1. The van der Waals surface area contributed by atoms with Gasteiger partial charge in [-0.2, -0.15) is 0 Å². The van der Waals surface area contributed by atoms with E-state index < -0.39 is 15.4 Å². The summed E-state index contributed by atoms with van der Waals surface area (Å²) in [5, 5.41) is 4.87. The van der Waals surface area contributed by atoms with Gasteiger partial charge in [0.05, 0.1) is 17.0 Å². The topological polar surface area (TPSA) is 72.5 Å². The van der Waals surface area contributed by atoms with E-state index in [-0.39, 0.29) is 24.0 Å². The highest BCUT2D eigenvalue weighted by molar-refractivity contribution is 9.10. The van der Waals surface area contributed by atoms with Crippen molar-refractivity contribution in [1.29, 1.82) is 0 Å². The number of ether oxygens (including phenoxy) is 1. The van der Waals surface area contributed by atoms with Gasteiger partial charge in [0.1, 0.15) is 5.75 Å². The van der Waals surface area contributed by atoms with Gasteiger partial charge in [0.25, 0.3) is 5.91 Å². The van der Waals surface area contributed by atoms with Crippen LogP contribution in [0, 0.1) is 0 Å². The van der Waals surface area contributed by atoms with Crippen molar-refractivity contribution in [2.24, 2.45) is 0 Å². The highest BCUT2D eigenvalue weighted by Gasteiger charge is 2.39. The molecule has 1 heterocycles. The molecule has 7 heteroatoms. The normalized spacial score (nSPS) is 22.4. The SMILES string of the molecule is C[C@@]1(NC(=O)COc2ccc3cc(Br)ccc3c2)CCS(=O)(=O)C1. The number of fused-ring (bicyclic) bond motifs is 1. The Balaban J connectivity index is 1.61. The highest BCUT2D eigenvalue weighted by atomic mass is 79.9. The van der Waals surface area contributed by atoms with Crippen molar-refractivity contribution in [2.75, 3.05) is 18.1 Å². The van der Waals surface area contributed by atoms with Gasteiger partial charge < -0.3 is 10.1 Å². The van der Waals surface area contributed by atoms with Crippen LogP contribution in [0.4, 0.5) is 0 Å². The smallest absolute Gasteiger partial charge is 0.258 e. The monoisotopic (exact) mass is 411 g/mol. The maximum Gasteiger partial charge on any atom is 0.258 e. The number of benzene rings is 2. The third kappa shape index (κ3) is 4.08. The van der Waals surface area contributed by atoms with Gasteiger partial charge in [0, 0.05) is 4.47 Å². The van der Waals surface area contributed by atoms with E-state index in [0.29, 0.717) is 12.2 Å². The summed E-state index contributed by atoms with van der Waals surface area (Å²) in [6.45, 7) is 1.61. The summed E-state index contributed by atoms with van der Waals surface area (Å²) < 4.78 is 29.7. The van der Waals surface area contributed by atoms with E-state index in [9.17, 15) is 13.2 Å². The Morgan fingerprint density at radius 2 is 1.96 bits per heavy atom. The number of rotatable bonds is 4. The Morgan fingerprint density at radius 1 is 1.25 bits per heavy atom. The molecule has 1 aliphatic heterocycles. The molecule has 0 aromatic heterocycles. The first-order chi connectivity index (χ1) is 11.2. The van der Waals surface area contributed by atoms with E-state index in [1.54, 1.807) is 6.92 Å². The molecule has 0 radical (unpaired) electrons. The Morgan fingerprint density at radius 3 is 2.67 bits per heavy atom. The fraction of sp³-hybridized carbons (Fsp3) is 0.353. The summed E-state index contributed by atoms with van der Waals surface area (Å²) in [6, 6.07) is 11.5. The third-order valence-corrected chi connectivity index (χ3v) is 6.48. The number of carbonyl (C=O) groups excluding carboxylic acids is 1. The third-order valence-electron chi connectivity index (χ3n) is 4.09. The summed E-state index contributed by atoms with van der Waals surface area (Å²) in [7, 11) is -3.05. The molecule has 1 N–H and O–H groups in total. The first-order valence-electron chi connectivity index (χ1n) is 7.58. The first-order valence-corrected chi connectivity index (χ1v) is 10.2. The molecule has 1 amide bonds. The molecule has 0 spiro atoms. The van der Waals surface area contributed by atoms with Crippen LogP contribution in [0.5, 0.6) is 5.75 Å². The van der Waals surface area contributed by atoms with Gasteiger partial charge in [0.15, 0.2) is 16.4 Å². The van der Waals surface area contributed by atoms with E-state index in [2.05, 4.69) is 21.2 Å². The number of amides is 1. The summed E-state index contributed by atoms with van der Waals surface area (Å²) >= 11 is 3.43. The lowest BCUT2D eigenvalue weighted by Crippen LogP contribution is -2.48. The van der Waals surface area contributed by atoms with Crippen LogP contribution < -0.4 is 10.1 Å².